The second kappa shape index (κ2) is 19.7. The fourth-order valence-electron chi connectivity index (χ4n) is 5.49. The van der Waals surface area contributed by atoms with Crippen molar-refractivity contribution in [1.29, 1.82) is 0 Å². The van der Waals surface area contributed by atoms with Crippen molar-refractivity contribution in [3.63, 3.8) is 0 Å². The van der Waals surface area contributed by atoms with Crippen molar-refractivity contribution in [1.82, 2.24) is 4.90 Å². The molecule has 0 bridgehead atoms. The van der Waals surface area contributed by atoms with Crippen LogP contribution in [0, 0.1) is 69.8 Å². The Morgan fingerprint density at radius 1 is 0.525 bits per heavy atom. The van der Waals surface area contributed by atoms with Crippen LogP contribution in [0.1, 0.15) is 25.3 Å². The monoisotopic (exact) mass is 873 g/mol. The van der Waals surface area contributed by atoms with Crippen molar-refractivity contribution in [2.75, 3.05) is 19.7 Å². The molecule has 0 heterocycles. The Kier molecular flexibility index (Phi) is 14.7. The molecule has 0 aliphatic rings. The molecule has 0 N–H and O–H groups in total. The van der Waals surface area contributed by atoms with Crippen molar-refractivity contribution < 1.29 is 86.0 Å². The standard InChI is InChI=1S/C41H27F12NO7/c1-2-3-12-58-22-10-8-21(9-11-22)20-6-4-19(5-7-20)13-29(41(57)61-40-36(52)27(46)16-28(47)37(40)53)54(17-30(55)59-38-32(48)23(42)14-24(43)33(38)49)18-31(56)60-39-34(50)25(44)15-26(45)35(39)51/h4-11,14-16,29H,2-3,12-13,17-18H2,1H3. The molecule has 8 nitrogen and oxygen atoms in total. The molecule has 0 saturated carbocycles. The maximum Gasteiger partial charge on any atom is 0.329 e. The number of benzene rings is 5. The number of unbranched alkanes of at least 4 members (excludes halogenated alkanes) is 1. The third-order valence-electron chi connectivity index (χ3n) is 8.56. The molecule has 0 aliphatic carbocycles. The van der Waals surface area contributed by atoms with Gasteiger partial charge in [-0.05, 0) is 41.7 Å². The van der Waals surface area contributed by atoms with Crippen LogP contribution in [0.5, 0.6) is 23.0 Å². The zero-order valence-corrected chi connectivity index (χ0v) is 31.0. The molecular weight excluding hydrogens is 846 g/mol. The van der Waals surface area contributed by atoms with Gasteiger partial charge in [0.1, 0.15) is 11.8 Å². The minimum absolute atomic E-state index is 0.0388. The Hall–Kier alpha value is -6.57. The third-order valence-corrected chi connectivity index (χ3v) is 8.56. The summed E-state index contributed by atoms with van der Waals surface area (Å²) in [5.74, 6) is -37.0. The van der Waals surface area contributed by atoms with Crippen LogP contribution in [0.25, 0.3) is 11.1 Å². The van der Waals surface area contributed by atoms with E-state index >= 15 is 0 Å². The van der Waals surface area contributed by atoms with Crippen molar-refractivity contribution in [2.24, 2.45) is 0 Å². The van der Waals surface area contributed by atoms with Crippen molar-refractivity contribution in [3.05, 3.63) is 142 Å². The van der Waals surface area contributed by atoms with Gasteiger partial charge in [-0.15, -0.1) is 0 Å². The van der Waals surface area contributed by atoms with Crippen LogP contribution in [0.4, 0.5) is 52.7 Å². The first-order valence-corrected chi connectivity index (χ1v) is 17.6. The number of ether oxygens (including phenoxy) is 4. The summed E-state index contributed by atoms with van der Waals surface area (Å²) in [6.07, 6.45) is 0.882. The summed E-state index contributed by atoms with van der Waals surface area (Å²) < 4.78 is 190. The Morgan fingerprint density at radius 2 is 0.885 bits per heavy atom. The van der Waals surface area contributed by atoms with E-state index in [1.54, 1.807) is 24.3 Å². The quantitative estimate of drug-likeness (QED) is 0.0319. The molecule has 0 radical (unpaired) electrons. The van der Waals surface area contributed by atoms with Crippen LogP contribution in [0.3, 0.4) is 0 Å². The lowest BCUT2D eigenvalue weighted by Gasteiger charge is -2.29. The van der Waals surface area contributed by atoms with Crippen LogP contribution >= 0.6 is 0 Å². The van der Waals surface area contributed by atoms with E-state index in [2.05, 4.69) is 14.2 Å². The summed E-state index contributed by atoms with van der Waals surface area (Å²) in [7, 11) is 0. The molecule has 0 spiro atoms. The molecule has 322 valence electrons. The van der Waals surface area contributed by atoms with Gasteiger partial charge in [0.25, 0.3) is 0 Å². The molecule has 1 unspecified atom stereocenters. The van der Waals surface area contributed by atoms with Gasteiger partial charge >= 0.3 is 17.9 Å². The van der Waals surface area contributed by atoms with Crippen LogP contribution in [-0.2, 0) is 20.8 Å². The highest BCUT2D eigenvalue weighted by atomic mass is 19.2. The first kappa shape index (κ1) is 45.5. The minimum Gasteiger partial charge on any atom is -0.494 e. The van der Waals surface area contributed by atoms with E-state index < -0.39 is 131 Å². The number of carbonyl (C=O) groups is 3. The Morgan fingerprint density at radius 3 is 1.26 bits per heavy atom. The summed E-state index contributed by atoms with van der Waals surface area (Å²) in [5, 5.41) is 0. The predicted molar refractivity (Wildman–Crippen MR) is 187 cm³/mol. The van der Waals surface area contributed by atoms with E-state index in [0.717, 1.165) is 12.8 Å². The van der Waals surface area contributed by atoms with Gasteiger partial charge in [0, 0.05) is 18.2 Å². The van der Waals surface area contributed by atoms with E-state index in [4.69, 9.17) is 4.74 Å². The smallest absolute Gasteiger partial charge is 0.329 e. The van der Waals surface area contributed by atoms with Gasteiger partial charge in [0.2, 0.25) is 52.2 Å². The van der Waals surface area contributed by atoms with Crippen molar-refractivity contribution in [2.45, 2.75) is 32.2 Å². The molecule has 0 fully saturated rings. The van der Waals surface area contributed by atoms with E-state index in [1.807, 2.05) is 6.92 Å². The molecule has 0 aromatic heterocycles. The number of carbonyl (C=O) groups excluding carboxylic acids is 3. The minimum atomic E-state index is -2.34. The first-order valence-electron chi connectivity index (χ1n) is 17.6. The van der Waals surface area contributed by atoms with Crippen LogP contribution in [0.2, 0.25) is 0 Å². The maximum absolute atomic E-state index is 14.7. The van der Waals surface area contributed by atoms with E-state index in [9.17, 15) is 67.1 Å². The highest BCUT2D eigenvalue weighted by molar-refractivity contribution is 5.83. The fraction of sp³-hybridized carbons (Fsp3) is 0.195. The van der Waals surface area contributed by atoms with Gasteiger partial charge in [-0.25, -0.2) is 31.1 Å². The molecule has 5 rings (SSSR count). The lowest BCUT2D eigenvalue weighted by atomic mass is 9.99. The Balaban J connectivity index is 1.55. The molecule has 0 saturated heterocycles. The number of halogens is 12. The highest BCUT2D eigenvalue weighted by Gasteiger charge is 2.36. The molecule has 0 amide bonds. The zero-order chi connectivity index (χ0) is 44.7. The number of nitrogens with zero attached hydrogens (tertiary/aromatic N) is 1. The molecular formula is C41H27F12NO7. The summed E-state index contributed by atoms with van der Waals surface area (Å²) in [6, 6.07) is 9.30. The molecule has 61 heavy (non-hydrogen) atoms. The van der Waals surface area contributed by atoms with Crippen molar-refractivity contribution in [3.8, 4) is 34.1 Å². The highest BCUT2D eigenvalue weighted by Crippen LogP contribution is 2.31. The predicted octanol–water partition coefficient (Wildman–Crippen LogP) is 9.23. The Bertz CT molecular complexity index is 2290. The number of rotatable bonds is 16. The average molecular weight is 874 g/mol. The lowest BCUT2D eigenvalue weighted by Crippen LogP contribution is -2.50. The number of hydrogen-bond acceptors (Lipinski definition) is 8. The van der Waals surface area contributed by atoms with E-state index in [0.29, 0.717) is 23.5 Å². The van der Waals surface area contributed by atoms with Gasteiger partial charge in [-0.1, -0.05) is 49.7 Å². The average Bonchev–Trinajstić information content (AvgIpc) is 3.22. The van der Waals surface area contributed by atoms with Gasteiger partial charge in [-0.3, -0.25) is 14.5 Å². The van der Waals surface area contributed by atoms with Crippen LogP contribution in [-0.4, -0.2) is 48.5 Å². The van der Waals surface area contributed by atoms with E-state index in [1.165, 1.54) is 24.3 Å². The second-order valence-electron chi connectivity index (χ2n) is 12.8. The van der Waals surface area contributed by atoms with Gasteiger partial charge in [-0.2, -0.15) is 26.3 Å². The first-order chi connectivity index (χ1) is 28.9. The molecule has 5 aromatic rings. The topological polar surface area (TPSA) is 91.4 Å². The van der Waals surface area contributed by atoms with Crippen LogP contribution in [0.15, 0.2) is 66.7 Å². The van der Waals surface area contributed by atoms with Crippen LogP contribution < -0.4 is 18.9 Å². The maximum atomic E-state index is 14.7. The van der Waals surface area contributed by atoms with Gasteiger partial charge in [0.15, 0.2) is 34.9 Å². The summed E-state index contributed by atoms with van der Waals surface area (Å²) in [4.78, 5) is 40.3. The van der Waals surface area contributed by atoms with Gasteiger partial charge in [0.05, 0.1) is 19.7 Å². The zero-order valence-electron chi connectivity index (χ0n) is 31.0. The van der Waals surface area contributed by atoms with E-state index in [-0.39, 0.29) is 28.7 Å². The van der Waals surface area contributed by atoms with Crippen molar-refractivity contribution >= 4 is 17.9 Å². The normalized spacial score (nSPS) is 11.7. The molecule has 20 heteroatoms. The van der Waals surface area contributed by atoms with Gasteiger partial charge < -0.3 is 18.9 Å². The Labute approximate surface area is 336 Å². The fourth-order valence-corrected chi connectivity index (χ4v) is 5.49. The molecule has 0 aliphatic heterocycles. The lowest BCUT2D eigenvalue weighted by molar-refractivity contribution is -0.146. The molecule has 1 atom stereocenters. The molecule has 5 aromatic carbocycles. The second-order valence-corrected chi connectivity index (χ2v) is 12.8. The SMILES string of the molecule is CCCCOc1ccc(-c2ccc(CC(C(=O)Oc3c(F)c(F)cc(F)c3F)N(CC(=O)Oc3c(F)c(F)cc(F)c3F)CC(=O)Oc3c(F)c(F)cc(F)c3F)cc2)cc1. The summed E-state index contributed by atoms with van der Waals surface area (Å²) in [6.45, 7) is -0.816. The largest absolute Gasteiger partial charge is 0.494 e. The summed E-state index contributed by atoms with van der Waals surface area (Å²) >= 11 is 0. The number of hydrogen-bond donors (Lipinski definition) is 0. The summed E-state index contributed by atoms with van der Waals surface area (Å²) in [5.41, 5.74) is 1.22. The third kappa shape index (κ3) is 10.8. The number of esters is 3.